The Bertz CT molecular complexity index is 501. The van der Waals surface area contributed by atoms with Gasteiger partial charge in [-0.15, -0.1) is 0 Å². The molecule has 18 heavy (non-hydrogen) atoms. The summed E-state index contributed by atoms with van der Waals surface area (Å²) in [4.78, 5) is 13.5. The Morgan fingerprint density at radius 3 is 2.78 bits per heavy atom. The molecule has 1 N–H and O–H groups in total. The normalized spacial score (nSPS) is 10.4. The second-order valence-corrected chi connectivity index (χ2v) is 3.80. The molecule has 0 spiro atoms. The lowest BCUT2D eigenvalue weighted by Crippen LogP contribution is -2.16. The van der Waals surface area contributed by atoms with Gasteiger partial charge in [-0.1, -0.05) is 6.07 Å². The monoisotopic (exact) mass is 245 g/mol. The van der Waals surface area contributed by atoms with Crippen molar-refractivity contribution in [2.24, 2.45) is 0 Å². The Morgan fingerprint density at radius 2 is 2.22 bits per heavy atom. The number of nitriles is 1. The number of rotatable bonds is 4. The van der Waals surface area contributed by atoms with Gasteiger partial charge in [-0.2, -0.15) is 5.26 Å². The zero-order chi connectivity index (χ0) is 13.5. The molecule has 5 nitrogen and oxygen atoms in total. The number of anilines is 1. The molecule has 94 valence electrons. The second-order valence-electron chi connectivity index (χ2n) is 3.80. The van der Waals surface area contributed by atoms with Crippen LogP contribution in [-0.4, -0.2) is 32.0 Å². The fraction of sp³-hybridized carbons (Fsp3) is 0.231. The van der Waals surface area contributed by atoms with Crippen LogP contribution in [0.15, 0.2) is 36.0 Å². The van der Waals surface area contributed by atoms with Crippen LogP contribution in [0.1, 0.15) is 0 Å². The maximum Gasteiger partial charge on any atom is 0.267 e. The fourth-order valence-electron chi connectivity index (χ4n) is 1.30. The molecular formula is C13H15N3O2. The minimum Gasteiger partial charge on any atom is -0.497 e. The lowest BCUT2D eigenvalue weighted by Gasteiger charge is -2.08. The number of amides is 1. The van der Waals surface area contributed by atoms with Crippen molar-refractivity contribution in [3.63, 3.8) is 0 Å². The predicted octanol–water partition coefficient (Wildman–Crippen LogP) is 1.60. The number of methoxy groups -OCH3 is 1. The van der Waals surface area contributed by atoms with Crippen molar-refractivity contribution < 1.29 is 9.53 Å². The summed E-state index contributed by atoms with van der Waals surface area (Å²) in [5, 5.41) is 11.5. The van der Waals surface area contributed by atoms with Crippen LogP contribution in [-0.2, 0) is 4.79 Å². The quantitative estimate of drug-likeness (QED) is 0.646. The topological polar surface area (TPSA) is 65.4 Å². The van der Waals surface area contributed by atoms with Crippen LogP contribution in [0.4, 0.5) is 5.69 Å². The van der Waals surface area contributed by atoms with Gasteiger partial charge in [-0.3, -0.25) is 4.79 Å². The van der Waals surface area contributed by atoms with E-state index in [9.17, 15) is 4.79 Å². The van der Waals surface area contributed by atoms with Crippen LogP contribution >= 0.6 is 0 Å². The first kappa shape index (κ1) is 13.6. The number of hydrogen-bond acceptors (Lipinski definition) is 4. The van der Waals surface area contributed by atoms with Gasteiger partial charge >= 0.3 is 0 Å². The van der Waals surface area contributed by atoms with E-state index in [0.717, 1.165) is 0 Å². The number of hydrogen-bond donors (Lipinski definition) is 1. The summed E-state index contributed by atoms with van der Waals surface area (Å²) in [7, 11) is 5.04. The van der Waals surface area contributed by atoms with Crippen LogP contribution in [0.2, 0.25) is 0 Å². The first-order valence-electron chi connectivity index (χ1n) is 5.30. The Balaban J connectivity index is 2.84. The first-order valence-corrected chi connectivity index (χ1v) is 5.30. The summed E-state index contributed by atoms with van der Waals surface area (Å²) >= 11 is 0. The third kappa shape index (κ3) is 3.83. The Kier molecular flexibility index (Phi) is 4.76. The zero-order valence-corrected chi connectivity index (χ0v) is 10.6. The predicted molar refractivity (Wildman–Crippen MR) is 69.0 cm³/mol. The average molecular weight is 245 g/mol. The number of nitrogens with zero attached hydrogens (tertiary/aromatic N) is 2. The van der Waals surface area contributed by atoms with E-state index in [1.807, 2.05) is 6.07 Å². The lowest BCUT2D eigenvalue weighted by atomic mass is 10.2. The van der Waals surface area contributed by atoms with Gasteiger partial charge in [0.1, 0.15) is 17.4 Å². The summed E-state index contributed by atoms with van der Waals surface area (Å²) in [6.07, 6.45) is 1.47. The third-order valence-corrected chi connectivity index (χ3v) is 2.08. The molecule has 0 heterocycles. The van der Waals surface area contributed by atoms with Crippen molar-refractivity contribution in [1.29, 1.82) is 5.26 Å². The molecule has 1 amide bonds. The van der Waals surface area contributed by atoms with Crippen LogP contribution in [0.3, 0.4) is 0 Å². The summed E-state index contributed by atoms with van der Waals surface area (Å²) in [6.45, 7) is 0. The van der Waals surface area contributed by atoms with E-state index < -0.39 is 5.91 Å². The SMILES string of the molecule is COc1cccc(NC(=O)C(C#N)=CN(C)C)c1. The molecule has 0 saturated heterocycles. The molecule has 0 aliphatic heterocycles. The average Bonchev–Trinajstić information content (AvgIpc) is 2.35. The summed E-state index contributed by atoms with van der Waals surface area (Å²) in [6, 6.07) is 8.80. The highest BCUT2D eigenvalue weighted by atomic mass is 16.5. The molecule has 0 radical (unpaired) electrons. The van der Waals surface area contributed by atoms with Crippen molar-refractivity contribution in [3.05, 3.63) is 36.0 Å². The van der Waals surface area contributed by atoms with Crippen molar-refractivity contribution in [2.75, 3.05) is 26.5 Å². The molecule has 0 aromatic heterocycles. The molecule has 1 rings (SSSR count). The van der Waals surface area contributed by atoms with Gasteiger partial charge in [-0.05, 0) is 12.1 Å². The summed E-state index contributed by atoms with van der Waals surface area (Å²) < 4.78 is 5.05. The number of carbonyl (C=O) groups excluding carboxylic acids is 1. The van der Waals surface area contributed by atoms with Gasteiger partial charge in [0.2, 0.25) is 0 Å². The Hall–Kier alpha value is -2.48. The number of carbonyl (C=O) groups is 1. The highest BCUT2D eigenvalue weighted by molar-refractivity contribution is 6.06. The van der Waals surface area contributed by atoms with Gasteiger partial charge < -0.3 is 15.0 Å². The standard InChI is InChI=1S/C13H15N3O2/c1-16(2)9-10(8-14)13(17)15-11-5-4-6-12(7-11)18-3/h4-7,9H,1-3H3,(H,15,17). The van der Waals surface area contributed by atoms with Crippen molar-refractivity contribution in [2.45, 2.75) is 0 Å². The van der Waals surface area contributed by atoms with Gasteiger partial charge in [0.15, 0.2) is 0 Å². The zero-order valence-electron chi connectivity index (χ0n) is 10.6. The number of nitrogens with one attached hydrogen (secondary N) is 1. The molecule has 0 atom stereocenters. The Labute approximate surface area is 106 Å². The van der Waals surface area contributed by atoms with E-state index >= 15 is 0 Å². The molecule has 1 aromatic carbocycles. The molecular weight excluding hydrogens is 230 g/mol. The van der Waals surface area contributed by atoms with E-state index in [-0.39, 0.29) is 5.57 Å². The molecule has 0 aliphatic carbocycles. The van der Waals surface area contributed by atoms with E-state index in [1.54, 1.807) is 50.4 Å². The van der Waals surface area contributed by atoms with E-state index in [2.05, 4.69) is 5.32 Å². The molecule has 0 saturated carbocycles. The van der Waals surface area contributed by atoms with Gasteiger partial charge in [0, 0.05) is 32.0 Å². The maximum absolute atomic E-state index is 11.8. The van der Waals surface area contributed by atoms with E-state index in [0.29, 0.717) is 11.4 Å². The number of ether oxygens (including phenoxy) is 1. The van der Waals surface area contributed by atoms with Crippen LogP contribution in [0.25, 0.3) is 0 Å². The Morgan fingerprint density at radius 1 is 1.50 bits per heavy atom. The molecule has 0 aliphatic rings. The highest BCUT2D eigenvalue weighted by Crippen LogP contribution is 2.17. The lowest BCUT2D eigenvalue weighted by molar-refractivity contribution is -0.112. The minimum atomic E-state index is -0.445. The van der Waals surface area contributed by atoms with Gasteiger partial charge in [-0.25, -0.2) is 0 Å². The molecule has 0 bridgehead atoms. The van der Waals surface area contributed by atoms with E-state index in [1.165, 1.54) is 6.20 Å². The van der Waals surface area contributed by atoms with Gasteiger partial charge in [0.25, 0.3) is 5.91 Å². The van der Waals surface area contributed by atoms with Gasteiger partial charge in [0.05, 0.1) is 7.11 Å². The van der Waals surface area contributed by atoms with Crippen molar-refractivity contribution in [1.82, 2.24) is 4.90 Å². The number of benzene rings is 1. The molecule has 0 fully saturated rings. The smallest absolute Gasteiger partial charge is 0.267 e. The minimum absolute atomic E-state index is 0.0443. The second kappa shape index (κ2) is 6.30. The fourth-order valence-corrected chi connectivity index (χ4v) is 1.30. The first-order chi connectivity index (χ1) is 8.56. The van der Waals surface area contributed by atoms with Crippen LogP contribution in [0, 0.1) is 11.3 Å². The molecule has 1 aromatic rings. The largest absolute Gasteiger partial charge is 0.497 e. The maximum atomic E-state index is 11.8. The summed E-state index contributed by atoms with van der Waals surface area (Å²) in [5.41, 5.74) is 0.627. The molecule has 5 heteroatoms. The van der Waals surface area contributed by atoms with Crippen molar-refractivity contribution in [3.8, 4) is 11.8 Å². The highest BCUT2D eigenvalue weighted by Gasteiger charge is 2.09. The molecule has 0 unspecified atom stereocenters. The van der Waals surface area contributed by atoms with E-state index in [4.69, 9.17) is 10.00 Å². The van der Waals surface area contributed by atoms with Crippen LogP contribution in [0.5, 0.6) is 5.75 Å². The third-order valence-electron chi connectivity index (χ3n) is 2.08. The van der Waals surface area contributed by atoms with Crippen molar-refractivity contribution >= 4 is 11.6 Å². The van der Waals surface area contributed by atoms with Crippen LogP contribution < -0.4 is 10.1 Å². The summed E-state index contributed by atoms with van der Waals surface area (Å²) in [5.74, 6) is 0.197.